The summed E-state index contributed by atoms with van der Waals surface area (Å²) in [6.07, 6.45) is 6.79. The molecular weight excluding hydrogens is 517 g/mol. The molecule has 38 heavy (non-hydrogen) atoms. The standard InChI is InChI=1S/C30H41Cl2N5O/c1-4-22-7-5-6-8-28(22)36-30(37-18-20(2)34-21(3)19-37)35-26-13-10-24(11-14-26)29(38)33-16-15-23-9-12-25(31)17-27(23)32/h9-14,17,20-22,28,34H,4-8,15-16,18-19H2,1-3H3,(H,33,38)(H,35,36)/t20-,21+,22-,28-/m1/s1. The molecule has 4 atom stereocenters. The van der Waals surface area contributed by atoms with E-state index in [2.05, 4.69) is 41.6 Å². The molecule has 2 aromatic rings. The number of amides is 1. The highest BCUT2D eigenvalue weighted by molar-refractivity contribution is 6.35. The number of piperazine rings is 1. The molecule has 6 nitrogen and oxygen atoms in total. The molecule has 8 heteroatoms. The number of benzene rings is 2. The summed E-state index contributed by atoms with van der Waals surface area (Å²) in [5, 5.41) is 11.4. The monoisotopic (exact) mass is 557 g/mol. The third kappa shape index (κ3) is 7.87. The molecule has 1 saturated carbocycles. The van der Waals surface area contributed by atoms with Gasteiger partial charge in [0.15, 0.2) is 5.96 Å². The minimum absolute atomic E-state index is 0.103. The third-order valence-electron chi connectivity index (χ3n) is 7.64. The first-order valence-corrected chi connectivity index (χ1v) is 14.8. The molecule has 2 aliphatic rings. The van der Waals surface area contributed by atoms with E-state index < -0.39 is 0 Å². The van der Waals surface area contributed by atoms with Crippen LogP contribution in [-0.2, 0) is 6.42 Å². The molecule has 0 aromatic heterocycles. The Balaban J connectivity index is 1.42. The van der Waals surface area contributed by atoms with Gasteiger partial charge in [-0.1, -0.05) is 55.5 Å². The average molecular weight is 559 g/mol. The molecule has 1 aliphatic heterocycles. The molecule has 1 aliphatic carbocycles. The Hall–Kier alpha value is -2.28. The summed E-state index contributed by atoms with van der Waals surface area (Å²) in [5.74, 6) is 1.49. The van der Waals surface area contributed by atoms with Gasteiger partial charge < -0.3 is 20.9 Å². The number of nitrogens with zero attached hydrogens (tertiary/aromatic N) is 2. The normalized spacial score (nSPS) is 24.2. The number of hydrogen-bond donors (Lipinski definition) is 3. The van der Waals surface area contributed by atoms with Crippen molar-refractivity contribution in [2.75, 3.05) is 25.0 Å². The van der Waals surface area contributed by atoms with Gasteiger partial charge in [0, 0.05) is 53.0 Å². The molecule has 1 saturated heterocycles. The maximum Gasteiger partial charge on any atom is 0.251 e. The van der Waals surface area contributed by atoms with Crippen LogP contribution in [0.2, 0.25) is 10.0 Å². The lowest BCUT2D eigenvalue weighted by molar-refractivity contribution is 0.0954. The smallest absolute Gasteiger partial charge is 0.251 e. The van der Waals surface area contributed by atoms with Crippen LogP contribution in [0.25, 0.3) is 0 Å². The zero-order valence-electron chi connectivity index (χ0n) is 22.8. The zero-order chi connectivity index (χ0) is 27.1. The first kappa shape index (κ1) is 28.7. The first-order chi connectivity index (χ1) is 18.3. The van der Waals surface area contributed by atoms with Crippen LogP contribution in [0.1, 0.15) is 68.8 Å². The van der Waals surface area contributed by atoms with Crippen molar-refractivity contribution in [2.45, 2.75) is 77.4 Å². The van der Waals surface area contributed by atoms with Crippen LogP contribution in [0.15, 0.2) is 47.5 Å². The Kier molecular flexibility index (Phi) is 10.3. The van der Waals surface area contributed by atoms with Crippen molar-refractivity contribution in [1.82, 2.24) is 15.5 Å². The summed E-state index contributed by atoms with van der Waals surface area (Å²) in [5.41, 5.74) is 2.53. The van der Waals surface area contributed by atoms with Crippen LogP contribution in [0, 0.1) is 5.92 Å². The number of aliphatic imine (C=N–C) groups is 1. The maximum absolute atomic E-state index is 12.7. The van der Waals surface area contributed by atoms with Gasteiger partial charge in [0.25, 0.3) is 5.91 Å². The number of nitrogens with one attached hydrogen (secondary N) is 3. The summed E-state index contributed by atoms with van der Waals surface area (Å²) in [6.45, 7) is 9.06. The van der Waals surface area contributed by atoms with E-state index in [1.165, 1.54) is 25.7 Å². The van der Waals surface area contributed by atoms with Crippen molar-refractivity contribution in [3.63, 3.8) is 0 Å². The summed E-state index contributed by atoms with van der Waals surface area (Å²) >= 11 is 12.2. The number of anilines is 1. The molecule has 0 spiro atoms. The SMILES string of the molecule is CC[C@@H]1CCCC[C@H]1N=C(Nc1ccc(C(=O)NCCc2ccc(Cl)cc2Cl)cc1)N1C[C@@H](C)N[C@@H](C)C1. The lowest BCUT2D eigenvalue weighted by Gasteiger charge is -2.39. The van der Waals surface area contributed by atoms with Gasteiger partial charge in [-0.25, -0.2) is 4.99 Å². The summed E-state index contributed by atoms with van der Waals surface area (Å²) in [6, 6.07) is 14.2. The Bertz CT molecular complexity index is 1100. The van der Waals surface area contributed by atoms with Gasteiger partial charge in [0.05, 0.1) is 6.04 Å². The molecule has 0 radical (unpaired) electrons. The van der Waals surface area contributed by atoms with Crippen LogP contribution in [0.4, 0.5) is 5.69 Å². The zero-order valence-corrected chi connectivity index (χ0v) is 24.3. The fourth-order valence-corrected chi connectivity index (χ4v) is 6.16. The van der Waals surface area contributed by atoms with Crippen molar-refractivity contribution < 1.29 is 4.79 Å². The molecule has 2 aromatic carbocycles. The third-order valence-corrected chi connectivity index (χ3v) is 8.22. The number of guanidine groups is 1. The van der Waals surface area contributed by atoms with E-state index in [-0.39, 0.29) is 5.91 Å². The highest BCUT2D eigenvalue weighted by Gasteiger charge is 2.28. The van der Waals surface area contributed by atoms with Crippen LogP contribution in [0.5, 0.6) is 0 Å². The minimum atomic E-state index is -0.103. The van der Waals surface area contributed by atoms with E-state index in [9.17, 15) is 4.79 Å². The van der Waals surface area contributed by atoms with Gasteiger partial charge in [-0.15, -0.1) is 0 Å². The fraction of sp³-hybridized carbons (Fsp3) is 0.533. The number of hydrogen-bond acceptors (Lipinski definition) is 3. The second-order valence-corrected chi connectivity index (χ2v) is 11.6. The van der Waals surface area contributed by atoms with Gasteiger partial charge in [0.2, 0.25) is 0 Å². The predicted octanol–water partition coefficient (Wildman–Crippen LogP) is 6.38. The molecule has 1 amide bonds. The van der Waals surface area contributed by atoms with Gasteiger partial charge in [-0.3, -0.25) is 4.79 Å². The summed E-state index contributed by atoms with van der Waals surface area (Å²) in [7, 11) is 0. The molecule has 1 heterocycles. The highest BCUT2D eigenvalue weighted by atomic mass is 35.5. The number of rotatable bonds is 7. The molecule has 0 unspecified atom stereocenters. The topological polar surface area (TPSA) is 68.8 Å². The van der Waals surface area contributed by atoms with E-state index in [1.807, 2.05) is 36.4 Å². The Labute approximate surface area is 237 Å². The van der Waals surface area contributed by atoms with Crippen molar-refractivity contribution in [2.24, 2.45) is 10.9 Å². The number of halogens is 2. The molecular formula is C30H41Cl2N5O. The Morgan fingerprint density at radius 1 is 1.05 bits per heavy atom. The van der Waals surface area contributed by atoms with E-state index in [4.69, 9.17) is 28.2 Å². The average Bonchev–Trinajstić information content (AvgIpc) is 2.89. The van der Waals surface area contributed by atoms with E-state index >= 15 is 0 Å². The Morgan fingerprint density at radius 2 is 1.76 bits per heavy atom. The molecule has 206 valence electrons. The van der Waals surface area contributed by atoms with Crippen molar-refractivity contribution in [1.29, 1.82) is 0 Å². The maximum atomic E-state index is 12.7. The van der Waals surface area contributed by atoms with E-state index in [0.717, 1.165) is 36.7 Å². The van der Waals surface area contributed by atoms with Crippen molar-refractivity contribution in [3.05, 3.63) is 63.6 Å². The quantitative estimate of drug-likeness (QED) is 0.272. The highest BCUT2D eigenvalue weighted by Crippen LogP contribution is 2.30. The van der Waals surface area contributed by atoms with Gasteiger partial charge >= 0.3 is 0 Å². The van der Waals surface area contributed by atoms with E-state index in [1.54, 1.807) is 6.07 Å². The van der Waals surface area contributed by atoms with Crippen LogP contribution in [0.3, 0.4) is 0 Å². The van der Waals surface area contributed by atoms with Gasteiger partial charge in [-0.05, 0) is 81.0 Å². The fourth-order valence-electron chi connectivity index (χ4n) is 5.66. The molecule has 3 N–H and O–H groups in total. The van der Waals surface area contributed by atoms with Crippen LogP contribution >= 0.6 is 23.2 Å². The second kappa shape index (κ2) is 13.7. The lowest BCUT2D eigenvalue weighted by atomic mass is 9.83. The predicted molar refractivity (Wildman–Crippen MR) is 160 cm³/mol. The van der Waals surface area contributed by atoms with Crippen molar-refractivity contribution >= 4 is 40.8 Å². The van der Waals surface area contributed by atoms with Crippen LogP contribution in [-0.4, -0.2) is 54.5 Å². The van der Waals surface area contributed by atoms with Crippen LogP contribution < -0.4 is 16.0 Å². The minimum Gasteiger partial charge on any atom is -0.352 e. The summed E-state index contributed by atoms with van der Waals surface area (Å²) < 4.78 is 0. The first-order valence-electron chi connectivity index (χ1n) is 14.0. The number of carbonyl (C=O) groups excluding carboxylic acids is 1. The van der Waals surface area contributed by atoms with Crippen molar-refractivity contribution in [3.8, 4) is 0 Å². The molecule has 2 fully saturated rings. The van der Waals surface area contributed by atoms with E-state index in [0.29, 0.717) is 52.6 Å². The van der Waals surface area contributed by atoms with Gasteiger partial charge in [-0.2, -0.15) is 0 Å². The number of carbonyl (C=O) groups is 1. The van der Waals surface area contributed by atoms with Gasteiger partial charge in [0.1, 0.15) is 0 Å². The Morgan fingerprint density at radius 3 is 2.45 bits per heavy atom. The summed E-state index contributed by atoms with van der Waals surface area (Å²) in [4.78, 5) is 20.4. The molecule has 4 rings (SSSR count). The largest absolute Gasteiger partial charge is 0.352 e. The second-order valence-electron chi connectivity index (χ2n) is 10.8. The lowest BCUT2D eigenvalue weighted by Crippen LogP contribution is -2.57. The molecule has 0 bridgehead atoms.